The molecule has 2 heterocycles. The van der Waals surface area contributed by atoms with Crippen LogP contribution >= 0.6 is 0 Å². The molecule has 0 spiro atoms. The minimum Gasteiger partial charge on any atom is -0.493 e. The van der Waals surface area contributed by atoms with Crippen LogP contribution < -0.4 is 14.2 Å². The fraction of sp³-hybridized carbons (Fsp3) is 0.423. The topological polar surface area (TPSA) is 95.7 Å². The van der Waals surface area contributed by atoms with Crippen molar-refractivity contribution in [1.82, 2.24) is 14.8 Å². The van der Waals surface area contributed by atoms with Crippen LogP contribution in [0.3, 0.4) is 0 Å². The molecule has 0 saturated carbocycles. The molecule has 0 unspecified atom stereocenters. The smallest absolute Gasteiger partial charge is 0.417 e. The van der Waals surface area contributed by atoms with Crippen molar-refractivity contribution in [2.45, 2.75) is 52.1 Å². The zero-order chi connectivity index (χ0) is 26.8. The van der Waals surface area contributed by atoms with E-state index in [-0.39, 0.29) is 12.2 Å². The Balaban J connectivity index is 1.64. The molecule has 0 radical (unpaired) electrons. The second-order valence-corrected chi connectivity index (χ2v) is 8.20. The molecule has 2 aromatic heterocycles. The molecule has 200 valence electrons. The highest BCUT2D eigenvalue weighted by Crippen LogP contribution is 2.29. The summed E-state index contributed by atoms with van der Waals surface area (Å²) in [7, 11) is 0. The highest BCUT2D eigenvalue weighted by atomic mass is 19.4. The molecular weight excluding hydrogens is 491 g/mol. The lowest BCUT2D eigenvalue weighted by molar-refractivity contribution is -0.138. The molecule has 0 saturated heterocycles. The van der Waals surface area contributed by atoms with Gasteiger partial charge in [0.25, 0.3) is 0 Å². The van der Waals surface area contributed by atoms with E-state index in [1.807, 2.05) is 13.8 Å². The van der Waals surface area contributed by atoms with Gasteiger partial charge in [0.15, 0.2) is 5.82 Å². The van der Waals surface area contributed by atoms with E-state index >= 15 is 0 Å². The molecule has 0 aliphatic heterocycles. The minimum absolute atomic E-state index is 0.0123. The van der Waals surface area contributed by atoms with Crippen LogP contribution in [0.4, 0.5) is 13.2 Å². The van der Waals surface area contributed by atoms with Crippen molar-refractivity contribution in [1.29, 1.82) is 0 Å². The average molecular weight is 522 g/mol. The number of alkyl halides is 3. The number of carbonyl (C=O) groups is 1. The van der Waals surface area contributed by atoms with E-state index in [0.717, 1.165) is 29.8 Å². The van der Waals surface area contributed by atoms with E-state index in [2.05, 4.69) is 10.1 Å². The van der Waals surface area contributed by atoms with E-state index in [1.165, 1.54) is 10.7 Å². The highest BCUT2D eigenvalue weighted by molar-refractivity contribution is 5.67. The molecule has 8 nitrogen and oxygen atoms in total. The summed E-state index contributed by atoms with van der Waals surface area (Å²) < 4.78 is 57.2. The summed E-state index contributed by atoms with van der Waals surface area (Å²) in [4.78, 5) is 14.8. The van der Waals surface area contributed by atoms with Crippen molar-refractivity contribution in [2.75, 3.05) is 19.8 Å². The van der Waals surface area contributed by atoms with Gasteiger partial charge in [-0.05, 0) is 56.4 Å². The number of nitrogens with zero attached hydrogens (tertiary/aromatic N) is 3. The molecule has 3 rings (SSSR count). The fourth-order valence-electron chi connectivity index (χ4n) is 3.51. The van der Waals surface area contributed by atoms with Gasteiger partial charge in [0, 0.05) is 30.4 Å². The minimum atomic E-state index is -4.46. The number of aryl methyl sites for hydroxylation is 2. The first kappa shape index (κ1) is 27.8. The van der Waals surface area contributed by atoms with Crippen molar-refractivity contribution in [3.05, 3.63) is 59.4 Å². The van der Waals surface area contributed by atoms with Crippen LogP contribution in [0, 0.1) is 0 Å². The summed E-state index contributed by atoms with van der Waals surface area (Å²) in [6.07, 6.45) is 0.359. The van der Waals surface area contributed by atoms with Crippen LogP contribution in [0.1, 0.15) is 49.8 Å². The highest BCUT2D eigenvalue weighted by Gasteiger charge is 2.30. The zero-order valence-corrected chi connectivity index (χ0v) is 20.8. The molecule has 3 aromatic rings. The Bertz CT molecular complexity index is 1160. The first-order chi connectivity index (χ1) is 17.7. The molecule has 0 aliphatic carbocycles. The van der Waals surface area contributed by atoms with Crippen LogP contribution in [0.2, 0.25) is 0 Å². The summed E-state index contributed by atoms with van der Waals surface area (Å²) in [6.45, 7) is 5.10. The summed E-state index contributed by atoms with van der Waals surface area (Å²) in [6, 6.07) is 7.57. The summed E-state index contributed by atoms with van der Waals surface area (Å²) in [5.74, 6) is 0.993. The zero-order valence-electron chi connectivity index (χ0n) is 20.8. The average Bonchev–Trinajstić information content (AvgIpc) is 3.27. The molecule has 0 bridgehead atoms. The van der Waals surface area contributed by atoms with E-state index in [0.29, 0.717) is 56.5 Å². The Hall–Kier alpha value is -3.76. The van der Waals surface area contributed by atoms with Gasteiger partial charge in [0.1, 0.15) is 11.5 Å². The predicted octanol–water partition coefficient (Wildman–Crippen LogP) is 5.50. The van der Waals surface area contributed by atoms with Gasteiger partial charge in [-0.25, -0.2) is 9.67 Å². The predicted molar refractivity (Wildman–Crippen MR) is 130 cm³/mol. The number of carboxylic acids is 1. The number of aromatic nitrogens is 3. The Labute approximate surface area is 213 Å². The molecule has 11 heteroatoms. The van der Waals surface area contributed by atoms with Crippen LogP contribution in [0.15, 0.2) is 42.7 Å². The van der Waals surface area contributed by atoms with Crippen molar-refractivity contribution >= 4 is 5.97 Å². The monoisotopic (exact) mass is 521 g/mol. The van der Waals surface area contributed by atoms with Gasteiger partial charge >= 0.3 is 12.1 Å². The van der Waals surface area contributed by atoms with Gasteiger partial charge in [0.05, 0.1) is 25.4 Å². The van der Waals surface area contributed by atoms with Gasteiger partial charge in [-0.3, -0.25) is 4.79 Å². The van der Waals surface area contributed by atoms with Gasteiger partial charge in [-0.2, -0.15) is 13.2 Å². The van der Waals surface area contributed by atoms with Crippen LogP contribution in [-0.2, 0) is 23.8 Å². The Morgan fingerprint density at radius 2 is 1.84 bits per heavy atom. The maximum atomic E-state index is 12.8. The quantitative estimate of drug-likeness (QED) is 0.280. The third kappa shape index (κ3) is 8.12. The standard InChI is InChI=1S/C26H30F3N3O5/c1-3-13-37-25-19(17-32(31-25)23-11-9-20(16-30-23)26(27,28)29)6-5-14-36-21-10-7-18(8-12-24(33)34)22(15-21)35-4-2/h7,9-11,15-17H,3-6,8,12-14H2,1-2H3,(H,33,34). The number of aliphatic carboxylic acids is 1. The molecule has 0 fully saturated rings. The van der Waals surface area contributed by atoms with Gasteiger partial charge < -0.3 is 19.3 Å². The van der Waals surface area contributed by atoms with E-state index in [4.69, 9.17) is 19.3 Å². The van der Waals surface area contributed by atoms with E-state index in [1.54, 1.807) is 24.4 Å². The van der Waals surface area contributed by atoms with E-state index in [9.17, 15) is 18.0 Å². The third-order valence-corrected chi connectivity index (χ3v) is 5.31. The number of carboxylic acid groups (broad SMARTS) is 1. The van der Waals surface area contributed by atoms with E-state index < -0.39 is 17.7 Å². The molecule has 0 amide bonds. The number of pyridine rings is 1. The Morgan fingerprint density at radius 3 is 2.49 bits per heavy atom. The first-order valence-electron chi connectivity index (χ1n) is 12.1. The SMILES string of the molecule is CCCOc1nn(-c2ccc(C(F)(F)F)cn2)cc1CCCOc1ccc(CCC(=O)O)c(OCC)c1. The second kappa shape index (κ2) is 13.0. The van der Waals surface area contributed by atoms with Crippen LogP contribution in [0.25, 0.3) is 5.82 Å². The van der Waals surface area contributed by atoms with Gasteiger partial charge in [0.2, 0.25) is 5.88 Å². The van der Waals surface area contributed by atoms with Crippen molar-refractivity contribution in [2.24, 2.45) is 0 Å². The Morgan fingerprint density at radius 1 is 1.03 bits per heavy atom. The first-order valence-corrected chi connectivity index (χ1v) is 12.1. The molecule has 0 aliphatic rings. The molecule has 0 atom stereocenters. The number of halogens is 3. The number of hydrogen-bond acceptors (Lipinski definition) is 6. The number of hydrogen-bond donors (Lipinski definition) is 1. The molecule has 37 heavy (non-hydrogen) atoms. The lowest BCUT2D eigenvalue weighted by Crippen LogP contribution is -2.07. The fourth-order valence-corrected chi connectivity index (χ4v) is 3.51. The molecule has 1 N–H and O–H groups in total. The lowest BCUT2D eigenvalue weighted by atomic mass is 10.1. The Kier molecular flexibility index (Phi) is 9.76. The number of ether oxygens (including phenoxy) is 3. The maximum Gasteiger partial charge on any atom is 0.417 e. The summed E-state index contributed by atoms with van der Waals surface area (Å²) in [5.41, 5.74) is 0.766. The van der Waals surface area contributed by atoms with Gasteiger partial charge in [-0.15, -0.1) is 5.10 Å². The second-order valence-electron chi connectivity index (χ2n) is 8.20. The largest absolute Gasteiger partial charge is 0.493 e. The lowest BCUT2D eigenvalue weighted by Gasteiger charge is -2.13. The van der Waals surface area contributed by atoms with Gasteiger partial charge in [-0.1, -0.05) is 13.0 Å². The summed E-state index contributed by atoms with van der Waals surface area (Å²) in [5, 5.41) is 13.3. The normalized spacial score (nSPS) is 11.4. The van der Waals surface area contributed by atoms with Crippen molar-refractivity contribution in [3.63, 3.8) is 0 Å². The number of benzene rings is 1. The number of rotatable bonds is 14. The molecular formula is C26H30F3N3O5. The van der Waals surface area contributed by atoms with Crippen LogP contribution in [-0.4, -0.2) is 45.7 Å². The molecule has 1 aromatic carbocycles. The van der Waals surface area contributed by atoms with Crippen LogP contribution in [0.5, 0.6) is 17.4 Å². The van der Waals surface area contributed by atoms with Crippen molar-refractivity contribution < 1.29 is 37.3 Å². The third-order valence-electron chi connectivity index (χ3n) is 5.31. The maximum absolute atomic E-state index is 12.8. The summed E-state index contributed by atoms with van der Waals surface area (Å²) >= 11 is 0. The van der Waals surface area contributed by atoms with Crippen molar-refractivity contribution in [3.8, 4) is 23.2 Å².